The number of carbonyl (C=O) groups excluding carboxylic acids is 2. The van der Waals surface area contributed by atoms with E-state index in [9.17, 15) is 9.59 Å². The predicted molar refractivity (Wildman–Crippen MR) is 150 cm³/mol. The van der Waals surface area contributed by atoms with Gasteiger partial charge < -0.3 is 15.4 Å². The van der Waals surface area contributed by atoms with Gasteiger partial charge in [-0.15, -0.1) is 11.8 Å². The monoisotopic (exact) mass is 594 g/mol. The van der Waals surface area contributed by atoms with Crippen molar-refractivity contribution in [2.45, 2.75) is 10.1 Å². The Balaban J connectivity index is 1.47. The number of amides is 2. The van der Waals surface area contributed by atoms with E-state index in [1.807, 2.05) is 78.9 Å². The Bertz CT molecular complexity index is 1300. The maximum atomic E-state index is 13.2. The molecule has 0 fully saturated rings. The van der Waals surface area contributed by atoms with E-state index in [0.29, 0.717) is 17.0 Å². The summed E-state index contributed by atoms with van der Waals surface area (Å²) in [7, 11) is 1.57. The van der Waals surface area contributed by atoms with Crippen LogP contribution >= 0.6 is 34.4 Å². The Morgan fingerprint density at radius 2 is 1.46 bits per heavy atom. The lowest BCUT2D eigenvalue weighted by atomic mass is 10.1. The first kappa shape index (κ1) is 24.8. The van der Waals surface area contributed by atoms with Crippen molar-refractivity contribution < 1.29 is 14.3 Å². The fourth-order valence-corrected chi connectivity index (χ4v) is 4.75. The van der Waals surface area contributed by atoms with Gasteiger partial charge in [0, 0.05) is 25.4 Å². The van der Waals surface area contributed by atoms with Crippen molar-refractivity contribution in [2.75, 3.05) is 17.7 Å². The van der Waals surface area contributed by atoms with E-state index in [1.54, 1.807) is 31.4 Å². The molecular formula is C28H23IN2O3S. The van der Waals surface area contributed by atoms with Gasteiger partial charge in [-0.1, -0.05) is 36.4 Å². The number of methoxy groups -OCH3 is 1. The van der Waals surface area contributed by atoms with Crippen LogP contribution in [0.3, 0.4) is 0 Å². The molecule has 176 valence electrons. The highest BCUT2D eigenvalue weighted by Crippen LogP contribution is 2.36. The zero-order chi connectivity index (χ0) is 24.6. The van der Waals surface area contributed by atoms with E-state index in [2.05, 4.69) is 33.2 Å². The molecule has 35 heavy (non-hydrogen) atoms. The van der Waals surface area contributed by atoms with Gasteiger partial charge in [0.05, 0.1) is 7.11 Å². The van der Waals surface area contributed by atoms with Crippen LogP contribution in [0.2, 0.25) is 0 Å². The normalized spacial score (nSPS) is 11.4. The van der Waals surface area contributed by atoms with Gasteiger partial charge in [0.15, 0.2) is 0 Å². The Labute approximate surface area is 222 Å². The Morgan fingerprint density at radius 1 is 0.800 bits per heavy atom. The largest absolute Gasteiger partial charge is 0.497 e. The van der Waals surface area contributed by atoms with Crippen LogP contribution in [0.25, 0.3) is 0 Å². The highest BCUT2D eigenvalue weighted by Gasteiger charge is 2.22. The van der Waals surface area contributed by atoms with E-state index < -0.39 is 5.25 Å². The number of carbonyl (C=O) groups is 2. The first-order valence-corrected chi connectivity index (χ1v) is 12.8. The number of benzene rings is 4. The molecule has 0 saturated carbocycles. The van der Waals surface area contributed by atoms with Crippen molar-refractivity contribution in [1.29, 1.82) is 0 Å². The molecule has 5 nitrogen and oxygen atoms in total. The lowest BCUT2D eigenvalue weighted by Crippen LogP contribution is -2.19. The Kier molecular flexibility index (Phi) is 8.44. The summed E-state index contributed by atoms with van der Waals surface area (Å²) in [5, 5.41) is 5.48. The van der Waals surface area contributed by atoms with E-state index in [-0.39, 0.29) is 11.8 Å². The molecule has 2 amide bonds. The smallest absolute Gasteiger partial charge is 0.255 e. The Hall–Kier alpha value is -3.30. The molecule has 0 aliphatic carbocycles. The number of halogens is 1. The summed E-state index contributed by atoms with van der Waals surface area (Å²) in [6.45, 7) is 0. The van der Waals surface area contributed by atoms with Crippen LogP contribution in [0.4, 0.5) is 11.4 Å². The average molecular weight is 594 g/mol. The zero-order valence-corrected chi connectivity index (χ0v) is 21.9. The molecule has 0 heterocycles. The molecule has 0 aliphatic rings. The standard InChI is InChI=1S/C28H23IN2O3S/c1-34-24-9-5-8-20(18-24)27(32)30-23-14-16-25(17-15-23)35-26(19-6-3-2-4-7-19)28(33)31-22-12-10-21(29)11-13-22/h2-18,26H,1H3,(H,30,32)(H,31,33). The van der Waals surface area contributed by atoms with Crippen LogP contribution < -0.4 is 15.4 Å². The minimum Gasteiger partial charge on any atom is -0.497 e. The minimum absolute atomic E-state index is 0.0992. The van der Waals surface area contributed by atoms with E-state index in [0.717, 1.165) is 19.7 Å². The second kappa shape index (κ2) is 11.9. The molecular weight excluding hydrogens is 571 g/mol. The van der Waals surface area contributed by atoms with Crippen molar-refractivity contribution in [3.05, 3.63) is 118 Å². The minimum atomic E-state index is -0.437. The average Bonchev–Trinajstić information content (AvgIpc) is 2.90. The van der Waals surface area contributed by atoms with Crippen LogP contribution in [-0.2, 0) is 4.79 Å². The molecule has 0 saturated heterocycles. The van der Waals surface area contributed by atoms with E-state index in [1.165, 1.54) is 11.8 Å². The van der Waals surface area contributed by atoms with Crippen LogP contribution in [0.1, 0.15) is 21.2 Å². The number of ether oxygens (including phenoxy) is 1. The predicted octanol–water partition coefficient (Wildman–Crippen LogP) is 7.02. The SMILES string of the molecule is COc1cccc(C(=O)Nc2ccc(SC(C(=O)Nc3ccc(I)cc3)c3ccccc3)cc2)c1. The van der Waals surface area contributed by atoms with Crippen molar-refractivity contribution in [3.8, 4) is 5.75 Å². The van der Waals surface area contributed by atoms with Crippen LogP contribution in [0.15, 0.2) is 108 Å². The van der Waals surface area contributed by atoms with Crippen molar-refractivity contribution in [1.82, 2.24) is 0 Å². The summed E-state index contributed by atoms with van der Waals surface area (Å²) in [6.07, 6.45) is 0. The molecule has 4 rings (SSSR count). The number of anilines is 2. The summed E-state index contributed by atoms with van der Waals surface area (Å²) >= 11 is 3.69. The van der Waals surface area contributed by atoms with Gasteiger partial charge >= 0.3 is 0 Å². The lowest BCUT2D eigenvalue weighted by Gasteiger charge is -2.17. The van der Waals surface area contributed by atoms with Gasteiger partial charge in [0.2, 0.25) is 5.91 Å². The third-order valence-corrected chi connectivity index (χ3v) is 7.14. The maximum Gasteiger partial charge on any atom is 0.255 e. The van der Waals surface area contributed by atoms with Crippen molar-refractivity contribution in [2.24, 2.45) is 0 Å². The quantitative estimate of drug-likeness (QED) is 0.170. The molecule has 4 aromatic rings. The second-order valence-electron chi connectivity index (χ2n) is 7.62. The molecule has 0 aliphatic heterocycles. The highest BCUT2D eigenvalue weighted by atomic mass is 127. The van der Waals surface area contributed by atoms with Crippen LogP contribution in [0, 0.1) is 3.57 Å². The summed E-state index contributed by atoms with van der Waals surface area (Å²) < 4.78 is 6.30. The van der Waals surface area contributed by atoms with Crippen molar-refractivity contribution in [3.63, 3.8) is 0 Å². The molecule has 1 atom stereocenters. The van der Waals surface area contributed by atoms with E-state index in [4.69, 9.17) is 4.74 Å². The summed E-state index contributed by atoms with van der Waals surface area (Å²) in [6, 6.07) is 31.9. The first-order chi connectivity index (χ1) is 17.0. The summed E-state index contributed by atoms with van der Waals surface area (Å²) in [5.41, 5.74) is 2.85. The van der Waals surface area contributed by atoms with Crippen molar-refractivity contribution >= 4 is 57.5 Å². The maximum absolute atomic E-state index is 13.2. The fourth-order valence-electron chi connectivity index (χ4n) is 3.36. The van der Waals surface area contributed by atoms with Gasteiger partial charge in [-0.25, -0.2) is 0 Å². The lowest BCUT2D eigenvalue weighted by molar-refractivity contribution is -0.115. The summed E-state index contributed by atoms with van der Waals surface area (Å²) in [4.78, 5) is 26.7. The number of hydrogen-bond acceptors (Lipinski definition) is 4. The van der Waals surface area contributed by atoms with Gasteiger partial charge in [-0.05, 0) is 94.9 Å². The number of nitrogens with one attached hydrogen (secondary N) is 2. The molecule has 0 spiro atoms. The molecule has 7 heteroatoms. The molecule has 0 bridgehead atoms. The van der Waals surface area contributed by atoms with Gasteiger partial charge in [-0.2, -0.15) is 0 Å². The third-order valence-electron chi connectivity index (χ3n) is 5.15. The zero-order valence-electron chi connectivity index (χ0n) is 18.9. The molecule has 1 unspecified atom stereocenters. The topological polar surface area (TPSA) is 67.4 Å². The number of thioether (sulfide) groups is 1. The molecule has 2 N–H and O–H groups in total. The molecule has 0 aromatic heterocycles. The van der Waals surface area contributed by atoms with Gasteiger partial charge in [-0.3, -0.25) is 9.59 Å². The fraction of sp³-hybridized carbons (Fsp3) is 0.0714. The van der Waals surface area contributed by atoms with E-state index >= 15 is 0 Å². The molecule has 4 aromatic carbocycles. The third kappa shape index (κ3) is 6.86. The second-order valence-corrected chi connectivity index (χ2v) is 10.0. The highest BCUT2D eigenvalue weighted by molar-refractivity contribution is 14.1. The van der Waals surface area contributed by atoms with Gasteiger partial charge in [0.25, 0.3) is 5.91 Å². The molecule has 0 radical (unpaired) electrons. The first-order valence-electron chi connectivity index (χ1n) is 10.9. The number of rotatable bonds is 8. The van der Waals surface area contributed by atoms with Crippen LogP contribution in [0.5, 0.6) is 5.75 Å². The van der Waals surface area contributed by atoms with Gasteiger partial charge in [0.1, 0.15) is 11.0 Å². The Morgan fingerprint density at radius 3 is 2.14 bits per heavy atom. The van der Waals surface area contributed by atoms with Crippen LogP contribution in [-0.4, -0.2) is 18.9 Å². The number of hydrogen-bond donors (Lipinski definition) is 2. The summed E-state index contributed by atoms with van der Waals surface area (Å²) in [5.74, 6) is 0.307.